The average Bonchev–Trinajstić information content (AvgIpc) is 3.03. The Hall–Kier alpha value is -2.86. The summed E-state index contributed by atoms with van der Waals surface area (Å²) in [4.78, 5) is 16.2. The van der Waals surface area contributed by atoms with Crippen LogP contribution in [0.25, 0.3) is 11.4 Å². The second-order valence-electron chi connectivity index (χ2n) is 5.48. The van der Waals surface area contributed by atoms with Crippen LogP contribution in [-0.4, -0.2) is 22.7 Å². The predicted octanol–water partition coefficient (Wildman–Crippen LogP) is 4.06. The number of nitrogens with zero attached hydrogens (tertiary/aromatic N) is 2. The zero-order chi connectivity index (χ0) is 17.6. The molecule has 0 saturated heterocycles. The van der Waals surface area contributed by atoms with Crippen LogP contribution in [0.4, 0.5) is 10.5 Å². The van der Waals surface area contributed by atoms with Gasteiger partial charge in [-0.15, -0.1) is 0 Å². The monoisotopic (exact) mass is 356 g/mol. The van der Waals surface area contributed by atoms with Crippen LogP contribution in [-0.2, 0) is 6.42 Å². The molecule has 1 aromatic heterocycles. The third-order valence-electron chi connectivity index (χ3n) is 3.52. The van der Waals surface area contributed by atoms with Gasteiger partial charge in [0.15, 0.2) is 0 Å². The number of aryl methyl sites for hydroxylation is 1. The fourth-order valence-corrected chi connectivity index (χ4v) is 2.43. The number of aromatic nitrogens is 2. The highest BCUT2D eigenvalue weighted by molar-refractivity contribution is 6.30. The van der Waals surface area contributed by atoms with E-state index in [0.717, 1.165) is 17.5 Å². The third-order valence-corrected chi connectivity index (χ3v) is 3.77. The number of rotatable bonds is 5. The minimum atomic E-state index is -0.268. The first kappa shape index (κ1) is 17.0. The van der Waals surface area contributed by atoms with Gasteiger partial charge in [0, 0.05) is 29.7 Å². The molecule has 0 spiro atoms. The van der Waals surface area contributed by atoms with E-state index in [4.69, 9.17) is 16.1 Å². The molecule has 2 aromatic carbocycles. The number of anilines is 1. The molecule has 6 nitrogen and oxygen atoms in total. The van der Waals surface area contributed by atoms with Crippen molar-refractivity contribution in [3.63, 3.8) is 0 Å². The van der Waals surface area contributed by atoms with Crippen LogP contribution in [0.2, 0.25) is 5.02 Å². The second-order valence-corrected chi connectivity index (χ2v) is 5.91. The summed E-state index contributed by atoms with van der Waals surface area (Å²) in [6.07, 6.45) is 0.729. The first-order valence-corrected chi connectivity index (χ1v) is 8.18. The van der Waals surface area contributed by atoms with Gasteiger partial charge in [-0.2, -0.15) is 4.98 Å². The van der Waals surface area contributed by atoms with Gasteiger partial charge < -0.3 is 15.2 Å². The van der Waals surface area contributed by atoms with Crippen molar-refractivity contribution in [2.24, 2.45) is 0 Å². The van der Waals surface area contributed by atoms with Crippen LogP contribution in [0.3, 0.4) is 0 Å². The minimum absolute atomic E-state index is 0.268. The number of carbonyl (C=O) groups excluding carboxylic acids is 1. The Balaban J connectivity index is 1.53. The molecule has 25 heavy (non-hydrogen) atoms. The molecule has 0 aliphatic heterocycles. The zero-order valence-electron chi connectivity index (χ0n) is 13.6. The molecule has 7 heteroatoms. The number of halogens is 1. The van der Waals surface area contributed by atoms with E-state index in [2.05, 4.69) is 20.8 Å². The molecular weight excluding hydrogens is 340 g/mol. The predicted molar refractivity (Wildman–Crippen MR) is 96.6 cm³/mol. The summed E-state index contributed by atoms with van der Waals surface area (Å²) < 4.78 is 4.97. The lowest BCUT2D eigenvalue weighted by molar-refractivity contribution is 0.252. The van der Waals surface area contributed by atoms with Crippen molar-refractivity contribution in [3.8, 4) is 11.4 Å². The highest BCUT2D eigenvalue weighted by Crippen LogP contribution is 2.19. The topological polar surface area (TPSA) is 80.0 Å². The highest BCUT2D eigenvalue weighted by Gasteiger charge is 2.07. The van der Waals surface area contributed by atoms with Gasteiger partial charge in [-0.05, 0) is 36.2 Å². The van der Waals surface area contributed by atoms with Crippen molar-refractivity contribution in [2.45, 2.75) is 13.3 Å². The summed E-state index contributed by atoms with van der Waals surface area (Å²) >= 11 is 5.85. The van der Waals surface area contributed by atoms with E-state index in [-0.39, 0.29) is 6.03 Å². The molecule has 0 fully saturated rings. The van der Waals surface area contributed by atoms with Crippen molar-refractivity contribution in [3.05, 3.63) is 65.0 Å². The highest BCUT2D eigenvalue weighted by atomic mass is 35.5. The number of nitrogens with one attached hydrogen (secondary N) is 2. The summed E-state index contributed by atoms with van der Waals surface area (Å²) in [6, 6.07) is 14.6. The quantitative estimate of drug-likeness (QED) is 0.722. The van der Waals surface area contributed by atoms with E-state index in [0.29, 0.717) is 29.0 Å². The Morgan fingerprint density at radius 1 is 1.20 bits per heavy atom. The van der Waals surface area contributed by atoms with Crippen LogP contribution in [0.1, 0.15) is 11.5 Å². The fraction of sp³-hybridized carbons (Fsp3) is 0.167. The lowest BCUT2D eigenvalue weighted by Crippen LogP contribution is -2.30. The molecule has 0 aliphatic rings. The zero-order valence-corrected chi connectivity index (χ0v) is 14.4. The van der Waals surface area contributed by atoms with Gasteiger partial charge in [-0.3, -0.25) is 0 Å². The van der Waals surface area contributed by atoms with Gasteiger partial charge in [0.1, 0.15) is 0 Å². The lowest BCUT2D eigenvalue weighted by atomic mass is 10.1. The average molecular weight is 357 g/mol. The maximum Gasteiger partial charge on any atom is 0.319 e. The molecule has 1 heterocycles. The molecule has 0 saturated carbocycles. The van der Waals surface area contributed by atoms with Crippen LogP contribution in [0.15, 0.2) is 53.1 Å². The number of amides is 2. The Bertz CT molecular complexity index is 862. The molecule has 2 amide bonds. The summed E-state index contributed by atoms with van der Waals surface area (Å²) in [5, 5.41) is 10.2. The summed E-state index contributed by atoms with van der Waals surface area (Å²) in [5.41, 5.74) is 2.54. The van der Waals surface area contributed by atoms with E-state index in [9.17, 15) is 4.79 Å². The summed E-state index contributed by atoms with van der Waals surface area (Å²) in [5.74, 6) is 0.984. The number of hydrogen-bond donors (Lipinski definition) is 2. The molecular formula is C18H17ClN4O2. The molecule has 0 unspecified atom stereocenters. The third kappa shape index (κ3) is 4.81. The molecule has 3 aromatic rings. The lowest BCUT2D eigenvalue weighted by Gasteiger charge is -2.08. The van der Waals surface area contributed by atoms with Crippen LogP contribution in [0.5, 0.6) is 0 Å². The van der Waals surface area contributed by atoms with Crippen LogP contribution < -0.4 is 10.6 Å². The summed E-state index contributed by atoms with van der Waals surface area (Å²) in [7, 11) is 0. The van der Waals surface area contributed by atoms with Gasteiger partial charge in [-0.1, -0.05) is 41.0 Å². The second kappa shape index (κ2) is 7.81. The van der Waals surface area contributed by atoms with Crippen molar-refractivity contribution in [1.82, 2.24) is 15.5 Å². The number of hydrogen-bond acceptors (Lipinski definition) is 4. The van der Waals surface area contributed by atoms with E-state index >= 15 is 0 Å². The molecule has 3 rings (SSSR count). The van der Waals surface area contributed by atoms with Crippen molar-refractivity contribution < 1.29 is 9.32 Å². The van der Waals surface area contributed by atoms with Gasteiger partial charge in [-0.25, -0.2) is 4.79 Å². The Morgan fingerprint density at radius 2 is 2.00 bits per heavy atom. The first-order valence-electron chi connectivity index (χ1n) is 7.80. The molecule has 128 valence electrons. The van der Waals surface area contributed by atoms with E-state index in [1.807, 2.05) is 36.4 Å². The van der Waals surface area contributed by atoms with Gasteiger partial charge in [0.25, 0.3) is 0 Å². The van der Waals surface area contributed by atoms with Gasteiger partial charge >= 0.3 is 6.03 Å². The van der Waals surface area contributed by atoms with Gasteiger partial charge in [0.05, 0.1) is 0 Å². The SMILES string of the molecule is Cc1nc(-c2cccc(NC(=O)NCCc3ccc(Cl)cc3)c2)no1. The van der Waals surface area contributed by atoms with Crippen molar-refractivity contribution >= 4 is 23.3 Å². The normalized spacial score (nSPS) is 10.5. The molecule has 0 aliphatic carbocycles. The molecule has 0 bridgehead atoms. The number of benzene rings is 2. The largest absolute Gasteiger partial charge is 0.339 e. The van der Waals surface area contributed by atoms with Crippen LogP contribution >= 0.6 is 11.6 Å². The van der Waals surface area contributed by atoms with E-state index in [1.54, 1.807) is 19.1 Å². The maximum absolute atomic E-state index is 12.0. The van der Waals surface area contributed by atoms with Crippen molar-refractivity contribution in [1.29, 1.82) is 0 Å². The maximum atomic E-state index is 12.0. The molecule has 0 atom stereocenters. The Labute approximate surface area is 150 Å². The summed E-state index contributed by atoms with van der Waals surface area (Å²) in [6.45, 7) is 2.25. The fourth-order valence-electron chi connectivity index (χ4n) is 2.30. The Morgan fingerprint density at radius 3 is 2.72 bits per heavy atom. The smallest absolute Gasteiger partial charge is 0.319 e. The molecule has 0 radical (unpaired) electrons. The molecule has 2 N–H and O–H groups in total. The van der Waals surface area contributed by atoms with E-state index in [1.165, 1.54) is 0 Å². The van der Waals surface area contributed by atoms with Gasteiger partial charge in [0.2, 0.25) is 11.7 Å². The minimum Gasteiger partial charge on any atom is -0.339 e. The van der Waals surface area contributed by atoms with Crippen LogP contribution in [0, 0.1) is 6.92 Å². The first-order chi connectivity index (χ1) is 12.1. The Kier molecular flexibility index (Phi) is 5.30. The standard InChI is InChI=1S/C18H17ClN4O2/c1-12-21-17(23-25-12)14-3-2-4-16(11-14)22-18(24)20-10-9-13-5-7-15(19)8-6-13/h2-8,11H,9-10H2,1H3,(H2,20,22,24). The number of urea groups is 1. The van der Waals surface area contributed by atoms with Crippen molar-refractivity contribution in [2.75, 3.05) is 11.9 Å². The van der Waals surface area contributed by atoms with E-state index < -0.39 is 0 Å². The number of carbonyl (C=O) groups is 1.